The lowest BCUT2D eigenvalue weighted by Gasteiger charge is -2.04. The van der Waals surface area contributed by atoms with E-state index < -0.39 is 0 Å². The molecule has 0 radical (unpaired) electrons. The minimum atomic E-state index is -0.203. The topological polar surface area (TPSA) is 48.2 Å². The lowest BCUT2D eigenvalue weighted by Crippen LogP contribution is -2.04. The molecule has 2 atom stereocenters. The third kappa shape index (κ3) is 1.97. The summed E-state index contributed by atoms with van der Waals surface area (Å²) < 4.78 is 11.0. The van der Waals surface area contributed by atoms with E-state index in [0.29, 0.717) is 11.7 Å². The molecule has 94 valence electrons. The predicted molar refractivity (Wildman–Crippen MR) is 66.7 cm³/mol. The second kappa shape index (κ2) is 4.61. The van der Waals surface area contributed by atoms with Gasteiger partial charge >= 0.3 is 0 Å². The molecule has 1 aliphatic heterocycles. The van der Waals surface area contributed by atoms with E-state index in [1.165, 1.54) is 5.56 Å². The van der Waals surface area contributed by atoms with E-state index >= 15 is 0 Å². The molecule has 1 aromatic heterocycles. The molecule has 2 unspecified atom stereocenters. The molecular formula is C13H13ClN2O2. The molecule has 4 nitrogen and oxygen atoms in total. The Morgan fingerprint density at radius 1 is 1.44 bits per heavy atom. The van der Waals surface area contributed by atoms with Crippen molar-refractivity contribution in [3.63, 3.8) is 0 Å². The van der Waals surface area contributed by atoms with Crippen LogP contribution in [0.2, 0.25) is 0 Å². The lowest BCUT2D eigenvalue weighted by molar-refractivity contribution is 0.183. The van der Waals surface area contributed by atoms with Gasteiger partial charge in [0.1, 0.15) is 5.75 Å². The van der Waals surface area contributed by atoms with Gasteiger partial charge in [0, 0.05) is 6.42 Å². The number of hydrogen-bond acceptors (Lipinski definition) is 4. The Hall–Kier alpha value is -1.55. The second-order valence-electron chi connectivity index (χ2n) is 4.28. The zero-order valence-electron chi connectivity index (χ0n) is 9.97. The van der Waals surface area contributed by atoms with Crippen LogP contribution in [0.4, 0.5) is 0 Å². The predicted octanol–water partition coefficient (Wildman–Crippen LogP) is 3.44. The Kier molecular flexibility index (Phi) is 2.96. The van der Waals surface area contributed by atoms with Gasteiger partial charge in [-0.15, -0.1) is 11.6 Å². The van der Waals surface area contributed by atoms with Gasteiger partial charge in [-0.1, -0.05) is 30.3 Å². The molecule has 3 rings (SSSR count). The summed E-state index contributed by atoms with van der Waals surface area (Å²) in [6, 6.07) is 7.94. The molecule has 0 saturated heterocycles. The summed E-state index contributed by atoms with van der Waals surface area (Å²) in [7, 11) is 0. The Morgan fingerprint density at radius 2 is 2.28 bits per heavy atom. The summed E-state index contributed by atoms with van der Waals surface area (Å²) in [4.78, 5) is 4.31. The number of fused-ring (bicyclic) bond motifs is 1. The Labute approximate surface area is 110 Å². The molecule has 0 spiro atoms. The average Bonchev–Trinajstić information content (AvgIpc) is 3.03. The molecule has 2 aromatic rings. The minimum absolute atomic E-state index is 0.190. The summed E-state index contributed by atoms with van der Waals surface area (Å²) >= 11 is 6.07. The van der Waals surface area contributed by atoms with E-state index in [1.54, 1.807) is 0 Å². The SMILES string of the molecule is CCC(Cl)c1noc(C2Cc3ccccc3O2)n1. The first kappa shape index (κ1) is 11.5. The van der Waals surface area contributed by atoms with Gasteiger partial charge in [-0.25, -0.2) is 0 Å². The fraction of sp³-hybridized carbons (Fsp3) is 0.385. The van der Waals surface area contributed by atoms with Crippen LogP contribution >= 0.6 is 11.6 Å². The van der Waals surface area contributed by atoms with E-state index in [1.807, 2.05) is 31.2 Å². The highest BCUT2D eigenvalue weighted by molar-refractivity contribution is 6.20. The van der Waals surface area contributed by atoms with Gasteiger partial charge in [-0.3, -0.25) is 0 Å². The van der Waals surface area contributed by atoms with Crippen LogP contribution in [0.3, 0.4) is 0 Å². The average molecular weight is 265 g/mol. The van der Waals surface area contributed by atoms with Crippen molar-refractivity contribution >= 4 is 11.6 Å². The number of hydrogen-bond donors (Lipinski definition) is 0. The van der Waals surface area contributed by atoms with Crippen LogP contribution in [0.5, 0.6) is 5.75 Å². The molecule has 0 bridgehead atoms. The van der Waals surface area contributed by atoms with Gasteiger partial charge in [0.05, 0.1) is 5.38 Å². The van der Waals surface area contributed by atoms with Gasteiger partial charge in [0.2, 0.25) is 0 Å². The van der Waals surface area contributed by atoms with E-state index in [9.17, 15) is 0 Å². The summed E-state index contributed by atoms with van der Waals surface area (Å²) in [6.45, 7) is 1.98. The molecular weight excluding hydrogens is 252 g/mol. The maximum absolute atomic E-state index is 6.07. The number of rotatable bonds is 3. The quantitative estimate of drug-likeness (QED) is 0.797. The number of halogens is 1. The maximum atomic E-state index is 6.07. The number of benzene rings is 1. The highest BCUT2D eigenvalue weighted by Crippen LogP contribution is 2.36. The summed E-state index contributed by atoms with van der Waals surface area (Å²) in [5.74, 6) is 1.93. The lowest BCUT2D eigenvalue weighted by atomic mass is 10.1. The Morgan fingerprint density at radius 3 is 3.06 bits per heavy atom. The molecule has 2 heterocycles. The zero-order chi connectivity index (χ0) is 12.5. The zero-order valence-corrected chi connectivity index (χ0v) is 10.7. The molecule has 18 heavy (non-hydrogen) atoms. The molecule has 1 aromatic carbocycles. The van der Waals surface area contributed by atoms with Crippen LogP contribution in [0.25, 0.3) is 0 Å². The van der Waals surface area contributed by atoms with Gasteiger partial charge in [-0.05, 0) is 18.1 Å². The van der Waals surface area contributed by atoms with Crippen molar-refractivity contribution in [2.45, 2.75) is 31.2 Å². The van der Waals surface area contributed by atoms with Crippen molar-refractivity contribution < 1.29 is 9.26 Å². The van der Waals surface area contributed by atoms with Crippen LogP contribution < -0.4 is 4.74 Å². The molecule has 1 aliphatic rings. The third-order valence-electron chi connectivity index (χ3n) is 3.02. The van der Waals surface area contributed by atoms with E-state index in [-0.39, 0.29) is 11.5 Å². The van der Waals surface area contributed by atoms with Crippen molar-refractivity contribution in [1.82, 2.24) is 10.1 Å². The van der Waals surface area contributed by atoms with Crippen LogP contribution in [-0.4, -0.2) is 10.1 Å². The smallest absolute Gasteiger partial charge is 0.268 e. The van der Waals surface area contributed by atoms with Gasteiger partial charge in [-0.2, -0.15) is 4.98 Å². The fourth-order valence-corrected chi connectivity index (χ4v) is 2.10. The first-order chi connectivity index (χ1) is 8.78. The molecule has 0 aliphatic carbocycles. The van der Waals surface area contributed by atoms with Crippen molar-refractivity contribution in [2.75, 3.05) is 0 Å². The van der Waals surface area contributed by atoms with Crippen molar-refractivity contribution in [1.29, 1.82) is 0 Å². The van der Waals surface area contributed by atoms with Crippen molar-refractivity contribution in [2.24, 2.45) is 0 Å². The second-order valence-corrected chi connectivity index (χ2v) is 4.81. The van der Waals surface area contributed by atoms with E-state index in [4.69, 9.17) is 20.9 Å². The largest absolute Gasteiger partial charge is 0.480 e. The number of alkyl halides is 1. The normalized spacial score (nSPS) is 19.3. The maximum Gasteiger partial charge on any atom is 0.268 e. The van der Waals surface area contributed by atoms with Crippen LogP contribution in [0, 0.1) is 0 Å². The molecule has 0 saturated carbocycles. The standard InChI is InChI=1S/C13H13ClN2O2/c1-2-9(14)12-15-13(18-16-12)11-7-8-5-3-4-6-10(8)17-11/h3-6,9,11H,2,7H2,1H3. The molecule has 0 N–H and O–H groups in total. The van der Waals surface area contributed by atoms with Crippen LogP contribution in [0.15, 0.2) is 28.8 Å². The Balaban J connectivity index is 1.80. The molecule has 0 fully saturated rings. The van der Waals surface area contributed by atoms with Crippen LogP contribution in [-0.2, 0) is 6.42 Å². The minimum Gasteiger partial charge on any atom is -0.480 e. The van der Waals surface area contributed by atoms with Crippen LogP contribution in [0.1, 0.15) is 42.1 Å². The highest BCUT2D eigenvalue weighted by Gasteiger charge is 2.29. The third-order valence-corrected chi connectivity index (χ3v) is 3.52. The Bertz CT molecular complexity index is 530. The van der Waals surface area contributed by atoms with Gasteiger partial charge in [0.25, 0.3) is 5.89 Å². The molecule has 5 heteroatoms. The summed E-state index contributed by atoms with van der Waals surface area (Å²) in [5, 5.41) is 3.69. The van der Waals surface area contributed by atoms with E-state index in [2.05, 4.69) is 10.1 Å². The van der Waals surface area contributed by atoms with Gasteiger partial charge < -0.3 is 9.26 Å². The first-order valence-electron chi connectivity index (χ1n) is 6.00. The van der Waals surface area contributed by atoms with Crippen molar-refractivity contribution in [3.8, 4) is 5.75 Å². The summed E-state index contributed by atoms with van der Waals surface area (Å²) in [6.07, 6.45) is 1.34. The van der Waals surface area contributed by atoms with Crippen molar-refractivity contribution in [3.05, 3.63) is 41.5 Å². The fourth-order valence-electron chi connectivity index (χ4n) is 2.01. The highest BCUT2D eigenvalue weighted by atomic mass is 35.5. The molecule has 0 amide bonds. The summed E-state index contributed by atoms with van der Waals surface area (Å²) in [5.41, 5.74) is 1.17. The number of aromatic nitrogens is 2. The number of nitrogens with zero attached hydrogens (tertiary/aromatic N) is 2. The number of para-hydroxylation sites is 1. The van der Waals surface area contributed by atoms with E-state index in [0.717, 1.165) is 18.6 Å². The monoisotopic (exact) mass is 264 g/mol. The number of ether oxygens (including phenoxy) is 1. The van der Waals surface area contributed by atoms with Gasteiger partial charge in [0.15, 0.2) is 11.9 Å². The first-order valence-corrected chi connectivity index (χ1v) is 6.43.